The average Bonchev–Trinajstić information content (AvgIpc) is 1.38. The van der Waals surface area contributed by atoms with Gasteiger partial charge in [-0.1, -0.05) is 0 Å². The third-order valence-corrected chi connectivity index (χ3v) is 0.772. The van der Waals surface area contributed by atoms with Crippen LogP contribution in [0.5, 0.6) is 0 Å². The van der Waals surface area contributed by atoms with Crippen LogP contribution in [0.3, 0.4) is 0 Å². The minimum atomic E-state index is -1.57. The fraction of sp³-hybridized carbons (Fsp3) is 0. The van der Waals surface area contributed by atoms with Crippen LogP contribution >= 0.6 is 0 Å². The van der Waals surface area contributed by atoms with Crippen molar-refractivity contribution in [3.63, 3.8) is 0 Å². The van der Waals surface area contributed by atoms with Crippen LogP contribution in [0.2, 0.25) is 0 Å². The Morgan fingerprint density at radius 3 is 1.67 bits per heavy atom. The summed E-state index contributed by atoms with van der Waals surface area (Å²) in [5, 5.41) is 15.4. The van der Waals surface area contributed by atoms with Gasteiger partial charge in [0.15, 0.2) is 0 Å². The Morgan fingerprint density at radius 2 is 1.67 bits per heavy atom. The number of hydrogen-bond donors (Lipinski definition) is 2. The molecule has 0 saturated carbocycles. The molecule has 0 amide bonds. The van der Waals surface area contributed by atoms with E-state index in [0.29, 0.717) is 21.5 Å². The van der Waals surface area contributed by atoms with E-state index in [0.717, 1.165) is 0 Å². The first-order chi connectivity index (χ1) is 2.27. The first-order valence-corrected chi connectivity index (χ1v) is 2.25. The van der Waals surface area contributed by atoms with Gasteiger partial charge in [0, 0.05) is 0 Å². The van der Waals surface area contributed by atoms with Gasteiger partial charge in [-0.2, -0.15) is 0 Å². The van der Waals surface area contributed by atoms with Crippen molar-refractivity contribution in [2.45, 2.75) is 0 Å². The molecule has 0 aliphatic carbocycles. The zero-order chi connectivity index (χ0) is 4.28. The van der Waals surface area contributed by atoms with Crippen LogP contribution in [0.25, 0.3) is 0 Å². The van der Waals surface area contributed by atoms with Crippen molar-refractivity contribution < 1.29 is 34.7 Å². The molecule has 0 heterocycles. The quantitative estimate of drug-likeness (QED) is 0.536. The molecule has 0 bridgehead atoms. The maximum atomic E-state index is 7.72. The first-order valence-electron chi connectivity index (χ1n) is 0.935. The summed E-state index contributed by atoms with van der Waals surface area (Å²) in [5.74, 6) is 0. The molecule has 0 saturated heterocycles. The van der Waals surface area contributed by atoms with E-state index in [1.54, 1.807) is 0 Å². The van der Waals surface area contributed by atoms with Gasteiger partial charge in [-0.3, -0.25) is 0 Å². The molecule has 0 fully saturated rings. The van der Waals surface area contributed by atoms with Gasteiger partial charge in [0.2, 0.25) is 0 Å². The average molecular weight is 282 g/mol. The topological polar surface area (TPSA) is 49.7 Å². The second-order valence-electron chi connectivity index (χ2n) is 0.432. The summed E-state index contributed by atoms with van der Waals surface area (Å²) in [6, 6.07) is 0. The van der Waals surface area contributed by atoms with Gasteiger partial charge in [-0.15, -0.1) is 0 Å². The molecule has 3 nitrogen and oxygen atoms in total. The Balaban J connectivity index is 0. The van der Waals surface area contributed by atoms with E-state index >= 15 is 0 Å². The van der Waals surface area contributed by atoms with Crippen molar-refractivity contribution in [1.29, 1.82) is 0 Å². The van der Waals surface area contributed by atoms with Gasteiger partial charge in [0.25, 0.3) is 0 Å². The number of rotatable bonds is 1. The summed E-state index contributed by atoms with van der Waals surface area (Å²) in [6.07, 6.45) is 0. The minimum absolute atomic E-state index is 0. The summed E-state index contributed by atoms with van der Waals surface area (Å²) < 4.78 is 3.97. The van der Waals surface area contributed by atoms with E-state index in [1.165, 1.54) is 0 Å². The van der Waals surface area contributed by atoms with Crippen LogP contribution in [0, 0.1) is 0 Å². The summed E-state index contributed by atoms with van der Waals surface area (Å²) in [5.41, 5.74) is 0. The van der Waals surface area contributed by atoms with E-state index < -0.39 is 7.32 Å². The fourth-order valence-corrected chi connectivity index (χ4v) is 0. The molecule has 0 aliphatic heterocycles. The first kappa shape index (κ1) is 11.2. The SMILES string of the molecule is OB(O)[O][Ta].[KH]. The van der Waals surface area contributed by atoms with Crippen LogP contribution in [-0.2, 0) is 24.6 Å². The van der Waals surface area contributed by atoms with E-state index in [4.69, 9.17) is 10.0 Å². The van der Waals surface area contributed by atoms with Crippen molar-refractivity contribution in [2.24, 2.45) is 0 Å². The molecule has 0 unspecified atom stereocenters. The van der Waals surface area contributed by atoms with E-state index in [9.17, 15) is 0 Å². The summed E-state index contributed by atoms with van der Waals surface area (Å²) in [6.45, 7) is 0. The van der Waals surface area contributed by atoms with Gasteiger partial charge < -0.3 is 0 Å². The van der Waals surface area contributed by atoms with Crippen molar-refractivity contribution in [3.05, 3.63) is 0 Å². The Kier molecular flexibility index (Phi) is 13.6. The Hall–Kier alpha value is 2.32. The van der Waals surface area contributed by atoms with Crippen molar-refractivity contribution >= 4 is 58.7 Å². The zero-order valence-corrected chi connectivity index (χ0v) is 5.54. The van der Waals surface area contributed by atoms with E-state index in [-0.39, 0.29) is 51.4 Å². The molecule has 0 atom stereocenters. The van der Waals surface area contributed by atoms with Gasteiger partial charge in [0.1, 0.15) is 0 Å². The summed E-state index contributed by atoms with van der Waals surface area (Å²) in [7, 11) is -1.57. The van der Waals surface area contributed by atoms with Crippen molar-refractivity contribution in [2.75, 3.05) is 0 Å². The molecule has 0 radical (unpaired) electrons. The van der Waals surface area contributed by atoms with Crippen molar-refractivity contribution in [1.82, 2.24) is 0 Å². The van der Waals surface area contributed by atoms with Gasteiger partial charge in [-0.05, 0) is 0 Å². The van der Waals surface area contributed by atoms with Gasteiger partial charge >= 0.3 is 93.4 Å². The van der Waals surface area contributed by atoms with Crippen LogP contribution < -0.4 is 0 Å². The number of hydrogen-bond acceptors (Lipinski definition) is 3. The van der Waals surface area contributed by atoms with Crippen LogP contribution in [0.1, 0.15) is 0 Å². The molecule has 6 heteroatoms. The third kappa shape index (κ3) is 9.59. The molecule has 0 rings (SSSR count). The molecule has 0 aromatic rings. The van der Waals surface area contributed by atoms with Crippen molar-refractivity contribution in [3.8, 4) is 0 Å². The predicted octanol–water partition coefficient (Wildman–Crippen LogP) is -2.21. The Labute approximate surface area is 91.5 Å². The standard InChI is InChI=1S/BH2O3.K.Ta.H/c2-1(3)4;;;/h2-3H;;;/q-1;;+1;. The van der Waals surface area contributed by atoms with E-state index in [1.807, 2.05) is 0 Å². The maximum absolute atomic E-state index is 7.72. The monoisotopic (exact) mass is 282 g/mol. The summed E-state index contributed by atoms with van der Waals surface area (Å²) >= 11 is 0.539. The molecule has 0 aliphatic rings. The zero-order valence-electron chi connectivity index (χ0n) is 2.33. The normalized spacial score (nSPS) is 6.33. The fourth-order valence-electron chi connectivity index (χ4n) is 0. The van der Waals surface area contributed by atoms with E-state index in [2.05, 4.69) is 3.16 Å². The molecule has 6 heavy (non-hydrogen) atoms. The second kappa shape index (κ2) is 7.32. The van der Waals surface area contributed by atoms with Gasteiger partial charge in [0.05, 0.1) is 0 Å². The van der Waals surface area contributed by atoms with Crippen LogP contribution in [0.15, 0.2) is 0 Å². The molecule has 0 aromatic carbocycles. The Morgan fingerprint density at radius 1 is 1.50 bits per heavy atom. The molecule has 0 aromatic heterocycles. The molecular weight excluding hydrogens is 279 g/mol. The molecule has 2 N–H and O–H groups in total. The second-order valence-corrected chi connectivity index (χ2v) is 1.19. The van der Waals surface area contributed by atoms with Crippen LogP contribution in [-0.4, -0.2) is 68.8 Å². The van der Waals surface area contributed by atoms with Gasteiger partial charge in [-0.25, -0.2) is 0 Å². The van der Waals surface area contributed by atoms with Crippen LogP contribution in [0.4, 0.5) is 0 Å². The predicted molar refractivity (Wildman–Crippen MR) is 18.4 cm³/mol. The molecule has 0 spiro atoms. The molecule has 30 valence electrons. The molecular formula is H3BKO3Ta. The third-order valence-electron chi connectivity index (χ3n) is 0.0943. The Bertz CT molecular complexity index is 24.8. The summed E-state index contributed by atoms with van der Waals surface area (Å²) in [4.78, 5) is 0.